The number of carbonyl (C=O) groups excluding carboxylic acids is 4. The van der Waals surface area contributed by atoms with E-state index >= 15 is 0 Å². The third kappa shape index (κ3) is 5.44. The highest BCUT2D eigenvalue weighted by Gasteiger charge is 2.68. The number of carbonyl (C=O) groups is 5. The van der Waals surface area contributed by atoms with Crippen LogP contribution in [0, 0.1) is 28.6 Å². The quantitative estimate of drug-likeness (QED) is 0.314. The van der Waals surface area contributed by atoms with Crippen LogP contribution >= 0.6 is 0 Å². The molecular weight excluding hydrogens is 554 g/mol. The lowest BCUT2D eigenvalue weighted by Gasteiger charge is -2.60. The summed E-state index contributed by atoms with van der Waals surface area (Å²) in [6, 6.07) is 6.91. The Bertz CT molecular complexity index is 1340. The zero-order valence-electron chi connectivity index (χ0n) is 24.7. The third-order valence-electron chi connectivity index (χ3n) is 11.1. The van der Waals surface area contributed by atoms with Gasteiger partial charge in [0.2, 0.25) is 11.7 Å². The van der Waals surface area contributed by atoms with Crippen LogP contribution in [-0.2, 0) is 28.7 Å². The summed E-state index contributed by atoms with van der Waals surface area (Å²) in [6.45, 7) is 3.35. The molecule has 0 aliphatic heterocycles. The van der Waals surface area contributed by atoms with Crippen molar-refractivity contribution in [1.82, 2.24) is 5.32 Å². The lowest BCUT2D eigenvalue weighted by Crippen LogP contribution is -2.62. The Hall–Kier alpha value is -3.37. The second-order valence-electron chi connectivity index (χ2n) is 13.3. The summed E-state index contributed by atoms with van der Waals surface area (Å²) in [7, 11) is 0. The largest absolute Gasteiger partial charge is 0.479 e. The van der Waals surface area contributed by atoms with Gasteiger partial charge in [0.15, 0.2) is 18.4 Å². The van der Waals surface area contributed by atoms with Crippen molar-refractivity contribution >= 4 is 29.4 Å². The summed E-state index contributed by atoms with van der Waals surface area (Å²) in [5.74, 6) is -3.16. The van der Waals surface area contributed by atoms with Crippen LogP contribution in [-0.4, -0.2) is 63.0 Å². The van der Waals surface area contributed by atoms with Crippen molar-refractivity contribution in [2.75, 3.05) is 6.61 Å². The second kappa shape index (κ2) is 11.6. The number of hydrogen-bond acceptors (Lipinski definition) is 8. The molecule has 0 radical (unpaired) electrons. The van der Waals surface area contributed by atoms with E-state index in [-0.39, 0.29) is 54.6 Å². The van der Waals surface area contributed by atoms with Crippen LogP contribution < -0.4 is 5.32 Å². The second-order valence-corrected chi connectivity index (χ2v) is 13.3. The van der Waals surface area contributed by atoms with Crippen molar-refractivity contribution in [2.24, 2.45) is 28.6 Å². The van der Waals surface area contributed by atoms with Gasteiger partial charge in [-0.05, 0) is 73.3 Å². The molecule has 0 saturated heterocycles. The van der Waals surface area contributed by atoms with Crippen molar-refractivity contribution in [2.45, 2.75) is 89.4 Å². The van der Waals surface area contributed by atoms with Crippen LogP contribution in [0.4, 0.5) is 0 Å². The van der Waals surface area contributed by atoms with Crippen LogP contribution in [0.1, 0.15) is 83.2 Å². The number of carboxylic acids is 1. The van der Waals surface area contributed by atoms with Crippen molar-refractivity contribution in [1.29, 1.82) is 0 Å². The zero-order valence-corrected chi connectivity index (χ0v) is 24.7. The number of carboxylic acid groups (broad SMARTS) is 1. The maximum absolute atomic E-state index is 13.4. The molecule has 4 N–H and O–H groups in total. The van der Waals surface area contributed by atoms with Crippen molar-refractivity contribution in [3.63, 3.8) is 0 Å². The molecule has 3 fully saturated rings. The fourth-order valence-corrected chi connectivity index (χ4v) is 8.87. The SMILES string of the molecule is C[C@]12CCC(=O)C=C1CC[C@H]1[C@@H]2[C@@H](O)C[C@]2(C)[C@H]1CC[C@]2(O)C(=O)COC(=O)CCC(=O)N[C@H](C(=O)O)c1ccccc1. The normalized spacial score (nSPS) is 35.4. The average molecular weight is 596 g/mol. The standard InChI is InChI=1S/C33H41NO9/c1-31-14-12-21(35)16-20(31)8-9-22-23-13-15-33(42,32(23,2)17-24(36)28(22)31)25(37)18-43-27(39)11-10-26(38)34-29(30(40)41)19-6-4-3-5-7-19/h3-7,16,22-24,28-29,36,42H,8-15,17-18H2,1-2H3,(H,34,38)(H,40,41)/t22-,23+,24+,28-,29+,31+,32-,33+/m1/s1. The molecule has 3 saturated carbocycles. The van der Waals surface area contributed by atoms with Gasteiger partial charge in [-0.15, -0.1) is 0 Å². The highest BCUT2D eigenvalue weighted by molar-refractivity contribution is 5.92. The van der Waals surface area contributed by atoms with Crippen LogP contribution in [0.3, 0.4) is 0 Å². The number of rotatable bonds is 9. The summed E-state index contributed by atoms with van der Waals surface area (Å²) in [6.07, 6.45) is 4.07. The van der Waals surface area contributed by atoms with Gasteiger partial charge in [-0.3, -0.25) is 19.2 Å². The van der Waals surface area contributed by atoms with Crippen LogP contribution in [0.5, 0.6) is 0 Å². The van der Waals surface area contributed by atoms with Crippen LogP contribution in [0.25, 0.3) is 0 Å². The zero-order chi connectivity index (χ0) is 31.2. The third-order valence-corrected chi connectivity index (χ3v) is 11.1. The van der Waals surface area contributed by atoms with E-state index in [2.05, 4.69) is 12.2 Å². The van der Waals surface area contributed by atoms with E-state index in [1.807, 2.05) is 6.92 Å². The highest BCUT2D eigenvalue weighted by Crippen LogP contribution is 2.67. The molecule has 0 heterocycles. The van der Waals surface area contributed by atoms with Gasteiger partial charge < -0.3 is 25.4 Å². The minimum Gasteiger partial charge on any atom is -0.479 e. The van der Waals surface area contributed by atoms with Crippen molar-refractivity contribution < 1.29 is 44.0 Å². The Morgan fingerprint density at radius 3 is 2.47 bits per heavy atom. The van der Waals surface area contributed by atoms with E-state index in [0.717, 1.165) is 18.4 Å². The molecule has 0 unspecified atom stereocenters. The molecule has 1 aromatic rings. The molecule has 1 aromatic carbocycles. The number of allylic oxidation sites excluding steroid dienone is 1. The van der Waals surface area contributed by atoms with Gasteiger partial charge in [0, 0.05) is 18.3 Å². The molecule has 8 atom stereocenters. The number of ether oxygens (including phenoxy) is 1. The summed E-state index contributed by atoms with van der Waals surface area (Å²) >= 11 is 0. The van der Waals surface area contributed by atoms with E-state index in [1.165, 1.54) is 0 Å². The van der Waals surface area contributed by atoms with Crippen molar-refractivity contribution in [3.05, 3.63) is 47.5 Å². The fourth-order valence-electron chi connectivity index (χ4n) is 8.87. The molecule has 0 bridgehead atoms. The highest BCUT2D eigenvalue weighted by atomic mass is 16.5. The minimum atomic E-state index is -1.77. The number of benzene rings is 1. The molecule has 43 heavy (non-hydrogen) atoms. The Kier molecular flexibility index (Phi) is 8.39. The average Bonchev–Trinajstić information content (AvgIpc) is 3.24. The smallest absolute Gasteiger partial charge is 0.330 e. The maximum Gasteiger partial charge on any atom is 0.330 e. The Morgan fingerprint density at radius 2 is 1.77 bits per heavy atom. The van der Waals surface area contributed by atoms with Crippen molar-refractivity contribution in [3.8, 4) is 0 Å². The Morgan fingerprint density at radius 1 is 1.05 bits per heavy atom. The Labute approximate surface area is 250 Å². The number of amides is 1. The molecule has 1 amide bonds. The molecule has 10 heteroatoms. The molecular formula is C33H41NO9. The summed E-state index contributed by atoms with van der Waals surface area (Å²) in [4.78, 5) is 62.0. The maximum atomic E-state index is 13.4. The summed E-state index contributed by atoms with van der Waals surface area (Å²) in [5.41, 5.74) is -1.46. The van der Waals surface area contributed by atoms with Gasteiger partial charge in [-0.2, -0.15) is 0 Å². The first-order valence-electron chi connectivity index (χ1n) is 15.2. The number of esters is 1. The van der Waals surface area contributed by atoms with E-state index in [1.54, 1.807) is 36.4 Å². The van der Waals surface area contributed by atoms with Gasteiger partial charge in [-0.25, -0.2) is 4.79 Å². The van der Waals surface area contributed by atoms with Gasteiger partial charge in [0.05, 0.1) is 12.5 Å². The monoisotopic (exact) mass is 595 g/mol. The lowest BCUT2D eigenvalue weighted by atomic mass is 9.45. The predicted molar refractivity (Wildman–Crippen MR) is 153 cm³/mol. The van der Waals surface area contributed by atoms with Gasteiger partial charge >= 0.3 is 11.9 Å². The number of aliphatic hydroxyl groups is 2. The van der Waals surface area contributed by atoms with E-state index in [4.69, 9.17) is 4.74 Å². The van der Waals surface area contributed by atoms with Gasteiger partial charge in [0.25, 0.3) is 0 Å². The Balaban J connectivity index is 1.18. The van der Waals surface area contributed by atoms with E-state index in [0.29, 0.717) is 24.8 Å². The number of hydrogen-bond donors (Lipinski definition) is 4. The molecule has 0 aromatic heterocycles. The predicted octanol–water partition coefficient (Wildman–Crippen LogP) is 3.05. The summed E-state index contributed by atoms with van der Waals surface area (Å²) < 4.78 is 5.18. The first-order valence-corrected chi connectivity index (χ1v) is 15.2. The number of aliphatic hydroxyl groups excluding tert-OH is 1. The lowest BCUT2D eigenvalue weighted by molar-refractivity contribution is -0.184. The van der Waals surface area contributed by atoms with Gasteiger partial charge in [0.1, 0.15) is 5.60 Å². The van der Waals surface area contributed by atoms with Crippen LogP contribution in [0.15, 0.2) is 42.0 Å². The molecule has 232 valence electrons. The number of Topliss-reactive ketones (excluding diaryl/α,β-unsaturated/α-hetero) is 1. The fraction of sp³-hybridized carbons (Fsp3) is 0.606. The molecule has 4 aliphatic rings. The molecule has 0 spiro atoms. The summed E-state index contributed by atoms with van der Waals surface area (Å²) in [5, 5.41) is 35.2. The van der Waals surface area contributed by atoms with E-state index in [9.17, 15) is 39.3 Å². The topological polar surface area (TPSA) is 167 Å². The van der Waals surface area contributed by atoms with Crippen LogP contribution in [0.2, 0.25) is 0 Å². The number of nitrogens with one attached hydrogen (secondary N) is 1. The molecule has 5 rings (SSSR count). The van der Waals surface area contributed by atoms with E-state index < -0.39 is 53.4 Å². The number of aliphatic carboxylic acids is 1. The number of fused-ring (bicyclic) bond motifs is 5. The first-order chi connectivity index (χ1) is 20.3. The first kappa shape index (κ1) is 31.1. The molecule has 10 nitrogen and oxygen atoms in total. The molecule has 4 aliphatic carbocycles. The van der Waals surface area contributed by atoms with Gasteiger partial charge in [-0.1, -0.05) is 49.8 Å². The number of ketones is 2. The minimum absolute atomic E-state index is 0.00274.